The van der Waals surface area contributed by atoms with Gasteiger partial charge in [0.05, 0.1) is 16.1 Å². The molecule has 1 amide bonds. The van der Waals surface area contributed by atoms with Gasteiger partial charge in [-0.3, -0.25) is 4.79 Å². The molecule has 100 valence electrons. The number of benzene rings is 1. The maximum atomic E-state index is 12.3. The molecule has 0 bridgehead atoms. The number of nitrogens with one attached hydrogen (secondary N) is 1. The van der Waals surface area contributed by atoms with E-state index in [2.05, 4.69) is 5.32 Å². The van der Waals surface area contributed by atoms with Crippen molar-refractivity contribution in [2.45, 2.75) is 40.2 Å². The van der Waals surface area contributed by atoms with E-state index >= 15 is 0 Å². The summed E-state index contributed by atoms with van der Waals surface area (Å²) in [7, 11) is 0. The van der Waals surface area contributed by atoms with E-state index in [4.69, 9.17) is 17.3 Å². The smallest absolute Gasteiger partial charge is 0.231 e. The molecule has 0 unspecified atom stereocenters. The number of hydrogen-bond acceptors (Lipinski definition) is 2. The molecule has 1 aromatic rings. The van der Waals surface area contributed by atoms with Gasteiger partial charge in [-0.1, -0.05) is 23.7 Å². The molecule has 4 heteroatoms. The van der Waals surface area contributed by atoms with Crippen molar-refractivity contribution in [1.82, 2.24) is 0 Å². The summed E-state index contributed by atoms with van der Waals surface area (Å²) in [6.07, 6.45) is 0. The highest BCUT2D eigenvalue weighted by Gasteiger charge is 2.40. The van der Waals surface area contributed by atoms with Crippen molar-refractivity contribution in [3.05, 3.63) is 28.8 Å². The van der Waals surface area contributed by atoms with Gasteiger partial charge in [-0.15, -0.1) is 0 Å². The Balaban J connectivity index is 3.03. The number of para-hydroxylation sites is 1. The van der Waals surface area contributed by atoms with Gasteiger partial charge in [0.2, 0.25) is 5.91 Å². The van der Waals surface area contributed by atoms with Crippen LogP contribution in [0.1, 0.15) is 33.3 Å². The SMILES string of the molecule is Cc1cccc(Cl)c1NC(=O)C(C)(C)C(C)(C)N. The zero-order valence-corrected chi connectivity index (χ0v) is 12.4. The molecule has 0 radical (unpaired) electrons. The van der Waals surface area contributed by atoms with Crippen LogP contribution >= 0.6 is 11.6 Å². The minimum atomic E-state index is -0.696. The number of anilines is 1. The molecule has 18 heavy (non-hydrogen) atoms. The van der Waals surface area contributed by atoms with Crippen molar-refractivity contribution >= 4 is 23.2 Å². The summed E-state index contributed by atoms with van der Waals surface area (Å²) in [5, 5.41) is 3.41. The lowest BCUT2D eigenvalue weighted by Crippen LogP contribution is -2.53. The van der Waals surface area contributed by atoms with Crippen LogP contribution in [-0.4, -0.2) is 11.4 Å². The van der Waals surface area contributed by atoms with Gasteiger partial charge in [-0.25, -0.2) is 0 Å². The molecule has 3 N–H and O–H groups in total. The largest absolute Gasteiger partial charge is 0.325 e. The summed E-state index contributed by atoms with van der Waals surface area (Å²) in [5.41, 5.74) is 6.32. The van der Waals surface area contributed by atoms with E-state index in [1.807, 2.05) is 46.8 Å². The standard InChI is InChI=1S/C14H21ClN2O/c1-9-7-6-8-10(15)11(9)17-12(18)13(2,3)14(4,5)16/h6-8H,16H2,1-5H3,(H,17,18). The number of nitrogens with two attached hydrogens (primary N) is 1. The lowest BCUT2D eigenvalue weighted by Gasteiger charge is -2.37. The summed E-state index contributed by atoms with van der Waals surface area (Å²) in [5.74, 6) is -0.133. The van der Waals surface area contributed by atoms with E-state index < -0.39 is 11.0 Å². The van der Waals surface area contributed by atoms with Crippen molar-refractivity contribution in [1.29, 1.82) is 0 Å². The fourth-order valence-corrected chi connectivity index (χ4v) is 1.62. The fraction of sp³-hybridized carbons (Fsp3) is 0.500. The van der Waals surface area contributed by atoms with Crippen molar-refractivity contribution in [2.75, 3.05) is 5.32 Å². The first-order valence-corrected chi connectivity index (χ1v) is 6.30. The predicted molar refractivity (Wildman–Crippen MR) is 76.9 cm³/mol. The molecule has 0 atom stereocenters. The van der Waals surface area contributed by atoms with Crippen molar-refractivity contribution in [3.63, 3.8) is 0 Å². The maximum absolute atomic E-state index is 12.3. The first kappa shape index (κ1) is 15.0. The van der Waals surface area contributed by atoms with Crippen LogP contribution in [0.25, 0.3) is 0 Å². The Kier molecular flexibility index (Phi) is 4.08. The molecule has 0 aliphatic rings. The summed E-state index contributed by atoms with van der Waals surface area (Å²) >= 11 is 6.09. The molecule has 3 nitrogen and oxygen atoms in total. The number of aryl methyl sites for hydroxylation is 1. The van der Waals surface area contributed by atoms with Crippen LogP contribution in [-0.2, 0) is 4.79 Å². The Hall–Kier alpha value is -1.06. The number of halogens is 1. The van der Waals surface area contributed by atoms with E-state index in [0.29, 0.717) is 10.7 Å². The predicted octanol–water partition coefficient (Wildman–Crippen LogP) is 3.35. The monoisotopic (exact) mass is 268 g/mol. The number of amides is 1. The number of hydrogen-bond donors (Lipinski definition) is 2. The van der Waals surface area contributed by atoms with E-state index in [-0.39, 0.29) is 5.91 Å². The minimum Gasteiger partial charge on any atom is -0.325 e. The van der Waals surface area contributed by atoms with Gasteiger partial charge >= 0.3 is 0 Å². The maximum Gasteiger partial charge on any atom is 0.231 e. The molecule has 0 aromatic heterocycles. The summed E-state index contributed by atoms with van der Waals surface area (Å²) in [6.45, 7) is 9.24. The Morgan fingerprint density at radius 2 is 1.83 bits per heavy atom. The van der Waals surface area contributed by atoms with Crippen molar-refractivity contribution in [2.24, 2.45) is 11.1 Å². The third-order valence-corrected chi connectivity index (χ3v) is 3.95. The molecule has 0 spiro atoms. The first-order chi connectivity index (χ1) is 8.07. The molecule has 0 aliphatic carbocycles. The second-order valence-corrected chi connectivity index (χ2v) is 6.14. The second-order valence-electron chi connectivity index (χ2n) is 5.73. The number of rotatable bonds is 3. The van der Waals surface area contributed by atoms with Crippen LogP contribution in [0.2, 0.25) is 5.02 Å². The summed E-state index contributed by atoms with van der Waals surface area (Å²) < 4.78 is 0. The number of carbonyl (C=O) groups excluding carboxylic acids is 1. The van der Waals surface area contributed by atoms with Crippen LogP contribution in [0.3, 0.4) is 0 Å². The van der Waals surface area contributed by atoms with Crippen LogP contribution in [0, 0.1) is 12.3 Å². The van der Waals surface area contributed by atoms with E-state index in [9.17, 15) is 4.79 Å². The van der Waals surface area contributed by atoms with Gasteiger partial charge in [0, 0.05) is 5.54 Å². The van der Waals surface area contributed by atoms with E-state index in [1.165, 1.54) is 0 Å². The molecule has 0 aliphatic heterocycles. The highest BCUT2D eigenvalue weighted by molar-refractivity contribution is 6.34. The average molecular weight is 269 g/mol. The Morgan fingerprint density at radius 3 is 2.28 bits per heavy atom. The van der Waals surface area contributed by atoms with Crippen molar-refractivity contribution < 1.29 is 4.79 Å². The molecule has 1 rings (SSSR count). The third kappa shape index (κ3) is 2.85. The summed E-state index contributed by atoms with van der Waals surface area (Å²) in [4.78, 5) is 12.3. The fourth-order valence-electron chi connectivity index (χ4n) is 1.35. The van der Waals surface area contributed by atoms with Crippen LogP contribution in [0.4, 0.5) is 5.69 Å². The second kappa shape index (κ2) is 4.90. The molecule has 0 saturated carbocycles. The van der Waals surface area contributed by atoms with Gasteiger partial charge in [-0.05, 0) is 46.2 Å². The normalized spacial score (nSPS) is 12.4. The van der Waals surface area contributed by atoms with Crippen LogP contribution < -0.4 is 11.1 Å². The van der Waals surface area contributed by atoms with Gasteiger partial charge in [0.15, 0.2) is 0 Å². The topological polar surface area (TPSA) is 55.1 Å². The van der Waals surface area contributed by atoms with Crippen LogP contribution in [0.15, 0.2) is 18.2 Å². The lowest BCUT2D eigenvalue weighted by molar-refractivity contribution is -0.126. The molecule has 1 aromatic carbocycles. The highest BCUT2D eigenvalue weighted by Crippen LogP contribution is 2.32. The van der Waals surface area contributed by atoms with E-state index in [0.717, 1.165) is 5.56 Å². The van der Waals surface area contributed by atoms with Crippen LogP contribution in [0.5, 0.6) is 0 Å². The van der Waals surface area contributed by atoms with Gasteiger partial charge in [-0.2, -0.15) is 0 Å². The lowest BCUT2D eigenvalue weighted by atomic mass is 9.74. The zero-order chi connectivity index (χ0) is 14.1. The molecular formula is C14H21ClN2O. The highest BCUT2D eigenvalue weighted by atomic mass is 35.5. The third-order valence-electron chi connectivity index (χ3n) is 3.64. The van der Waals surface area contributed by atoms with Gasteiger partial charge in [0.25, 0.3) is 0 Å². The number of carbonyl (C=O) groups is 1. The Labute approximate surface area is 114 Å². The Morgan fingerprint density at radius 1 is 1.28 bits per heavy atom. The molecular weight excluding hydrogens is 248 g/mol. The van der Waals surface area contributed by atoms with E-state index in [1.54, 1.807) is 6.07 Å². The minimum absolute atomic E-state index is 0.133. The summed E-state index contributed by atoms with van der Waals surface area (Å²) in [6, 6.07) is 5.51. The molecule has 0 heterocycles. The van der Waals surface area contributed by atoms with Gasteiger partial charge in [0.1, 0.15) is 0 Å². The molecule has 0 fully saturated rings. The first-order valence-electron chi connectivity index (χ1n) is 5.93. The quantitative estimate of drug-likeness (QED) is 0.883. The average Bonchev–Trinajstić information content (AvgIpc) is 2.21. The molecule has 0 saturated heterocycles. The van der Waals surface area contributed by atoms with Gasteiger partial charge < -0.3 is 11.1 Å². The van der Waals surface area contributed by atoms with Crippen molar-refractivity contribution in [3.8, 4) is 0 Å². The zero-order valence-electron chi connectivity index (χ0n) is 11.6. The Bertz CT molecular complexity index is 441.